The van der Waals surface area contributed by atoms with Gasteiger partial charge in [0.2, 0.25) is 0 Å². The van der Waals surface area contributed by atoms with Crippen LogP contribution in [0.5, 0.6) is 0 Å². The van der Waals surface area contributed by atoms with E-state index < -0.39 is 58.0 Å². The Labute approximate surface area is 151 Å². The average Bonchev–Trinajstić information content (AvgIpc) is 2.46. The van der Waals surface area contributed by atoms with Crippen LogP contribution in [0.2, 0.25) is 5.15 Å². The molecule has 0 radical (unpaired) electrons. The van der Waals surface area contributed by atoms with Crippen LogP contribution in [-0.2, 0) is 29.6 Å². The minimum atomic E-state index is -6.73. The third kappa shape index (κ3) is 4.59. The highest BCUT2D eigenvalue weighted by Crippen LogP contribution is 2.34. The van der Waals surface area contributed by atoms with Crippen LogP contribution >= 0.6 is 11.6 Å². The Morgan fingerprint density at radius 3 is 1.96 bits per heavy atom. The molecule has 0 unspecified atom stereocenters. The summed E-state index contributed by atoms with van der Waals surface area (Å²) in [6.45, 7) is 0. The van der Waals surface area contributed by atoms with Gasteiger partial charge < -0.3 is 0 Å². The van der Waals surface area contributed by atoms with E-state index in [4.69, 9.17) is 11.6 Å². The first kappa shape index (κ1) is 22.9. The molecule has 27 heavy (non-hydrogen) atoms. The van der Waals surface area contributed by atoms with Crippen LogP contribution in [0, 0.1) is 0 Å². The van der Waals surface area contributed by atoms with E-state index in [1.54, 1.807) is 0 Å². The second-order valence-electron chi connectivity index (χ2n) is 4.21. The second kappa shape index (κ2) is 7.12. The van der Waals surface area contributed by atoms with Crippen LogP contribution in [0.4, 0.5) is 32.0 Å². The van der Waals surface area contributed by atoms with Crippen LogP contribution < -0.4 is 9.03 Å². The fraction of sp³-hybridized carbons (Fsp3) is 0.222. The summed E-state index contributed by atoms with van der Waals surface area (Å²) in [5.41, 5.74) is -13.7. The highest BCUT2D eigenvalue weighted by atomic mass is 35.5. The lowest BCUT2D eigenvalue weighted by Crippen LogP contribution is -2.53. The summed E-state index contributed by atoms with van der Waals surface area (Å²) < 4.78 is 118. The largest absolute Gasteiger partial charge is 0.517 e. The van der Waals surface area contributed by atoms with Crippen molar-refractivity contribution in [2.24, 2.45) is 0 Å². The number of carbonyl (C=O) groups excluding carboxylic acids is 2. The Bertz CT molecular complexity index is 975. The van der Waals surface area contributed by atoms with Crippen molar-refractivity contribution in [1.82, 2.24) is 9.71 Å². The molecule has 1 N–H and O–H groups in total. The Morgan fingerprint density at radius 1 is 1.04 bits per heavy atom. The highest BCUT2D eigenvalue weighted by Gasteiger charge is 2.55. The van der Waals surface area contributed by atoms with Crippen molar-refractivity contribution in [2.45, 2.75) is 11.0 Å². The first-order valence-corrected chi connectivity index (χ1v) is 9.13. The van der Waals surface area contributed by atoms with Gasteiger partial charge >= 0.3 is 42.9 Å². The van der Waals surface area contributed by atoms with Gasteiger partial charge in [0.1, 0.15) is 0 Å². The molecule has 0 saturated carbocycles. The number of amides is 2. The summed E-state index contributed by atoms with van der Waals surface area (Å²) in [7, 11) is -13.2. The van der Waals surface area contributed by atoms with Crippen LogP contribution in [0.3, 0.4) is 0 Å². The van der Waals surface area contributed by atoms with Gasteiger partial charge in [-0.15, -0.1) is 0 Å². The second-order valence-corrected chi connectivity index (χ2v) is 8.02. The molecule has 1 aromatic heterocycles. The van der Waals surface area contributed by atoms with E-state index in [0.717, 1.165) is 12.3 Å². The lowest BCUT2D eigenvalue weighted by molar-refractivity contribution is -0.136. The van der Waals surface area contributed by atoms with E-state index in [1.807, 2.05) is 0 Å². The Balaban J connectivity index is 3.52. The molecule has 2 amide bonds. The number of sulfonamides is 2. The molecule has 0 aliphatic rings. The van der Waals surface area contributed by atoms with Crippen LogP contribution in [0.15, 0.2) is 18.3 Å². The number of alkyl halides is 6. The number of nitrogens with zero attached hydrogens (tertiary/aromatic N) is 2. The summed E-state index contributed by atoms with van der Waals surface area (Å²) in [6.07, 6.45) is 0.836. The molecule has 0 fully saturated rings. The Kier molecular flexibility index (Phi) is 6.04. The summed E-state index contributed by atoms with van der Waals surface area (Å²) >= 11 is 5.36. The Morgan fingerprint density at radius 2 is 1.56 bits per heavy atom. The van der Waals surface area contributed by atoms with E-state index in [9.17, 15) is 52.8 Å². The van der Waals surface area contributed by atoms with Crippen molar-refractivity contribution in [1.29, 1.82) is 0 Å². The fourth-order valence-electron chi connectivity index (χ4n) is 1.30. The van der Waals surface area contributed by atoms with Crippen molar-refractivity contribution in [3.8, 4) is 0 Å². The Hall–Kier alpha value is -2.14. The summed E-state index contributed by atoms with van der Waals surface area (Å²) in [4.78, 5) is 26.4. The normalized spacial score (nSPS) is 13.1. The maximum atomic E-state index is 12.8. The van der Waals surface area contributed by atoms with Gasteiger partial charge in [-0.05, 0) is 12.1 Å². The molecule has 0 saturated heterocycles. The molecule has 0 bridgehead atoms. The molecule has 1 aromatic rings. The number of nitrogens with one attached hydrogen (secondary N) is 1. The molecule has 0 aliphatic carbocycles. The topological polar surface area (TPSA) is 131 Å². The molecule has 0 aromatic carbocycles. The number of pyridine rings is 1. The monoisotopic (exact) mass is 463 g/mol. The third-order valence-electron chi connectivity index (χ3n) is 2.40. The number of hydrogen-bond acceptors (Lipinski definition) is 7. The van der Waals surface area contributed by atoms with Gasteiger partial charge in [-0.1, -0.05) is 11.6 Å². The first-order chi connectivity index (χ1) is 11.9. The standard InChI is InChI=1S/C9H4ClF6N3O6S2/c10-5-4(2-1-3-17-5)19(27(24,25)9(14,15)16)7(21)6(20)18-26(22,23)8(11,12)13/h1-3H,(H,18,20). The van der Waals surface area contributed by atoms with Gasteiger partial charge in [-0.25, -0.2) is 9.71 Å². The maximum absolute atomic E-state index is 12.8. The predicted octanol–water partition coefficient (Wildman–Crippen LogP) is 0.883. The smallest absolute Gasteiger partial charge is 0.262 e. The number of anilines is 1. The number of halogens is 7. The zero-order chi connectivity index (χ0) is 21.4. The summed E-state index contributed by atoms with van der Waals surface area (Å²) in [6, 6.07) is 1.24. The van der Waals surface area contributed by atoms with E-state index in [1.165, 1.54) is 0 Å². The minimum absolute atomic E-state index is 0.111. The number of carbonyl (C=O) groups is 2. The quantitative estimate of drug-likeness (QED) is 0.400. The predicted molar refractivity (Wildman–Crippen MR) is 74.8 cm³/mol. The average molecular weight is 464 g/mol. The van der Waals surface area contributed by atoms with Crippen LogP contribution in [0.25, 0.3) is 0 Å². The zero-order valence-electron chi connectivity index (χ0n) is 12.0. The molecule has 18 heteroatoms. The molecule has 1 heterocycles. The minimum Gasteiger partial charge on any atom is -0.262 e. The highest BCUT2D eigenvalue weighted by molar-refractivity contribution is 7.94. The van der Waals surface area contributed by atoms with Crippen molar-refractivity contribution < 1.29 is 52.8 Å². The lowest BCUT2D eigenvalue weighted by Gasteiger charge is -2.23. The first-order valence-electron chi connectivity index (χ1n) is 5.83. The van der Waals surface area contributed by atoms with Gasteiger partial charge in [0.05, 0.1) is 5.69 Å². The molecule has 1 rings (SSSR count). The van der Waals surface area contributed by atoms with Gasteiger partial charge in [0.15, 0.2) is 5.15 Å². The lowest BCUT2D eigenvalue weighted by atomic mass is 10.4. The van der Waals surface area contributed by atoms with Gasteiger partial charge in [0.25, 0.3) is 0 Å². The summed E-state index contributed by atoms with van der Waals surface area (Å²) in [5, 5.41) is -1.06. The van der Waals surface area contributed by atoms with E-state index in [2.05, 4.69) is 4.98 Å². The van der Waals surface area contributed by atoms with Gasteiger partial charge in [0, 0.05) is 6.20 Å². The SMILES string of the molecule is O=C(NS(=O)(=O)C(F)(F)F)C(=O)N(c1cccnc1Cl)S(=O)(=O)C(F)(F)F. The van der Waals surface area contributed by atoms with Gasteiger partial charge in [-0.2, -0.15) is 47.5 Å². The number of aromatic nitrogens is 1. The molecule has 0 spiro atoms. The molecule has 0 atom stereocenters. The fourth-order valence-corrected chi connectivity index (χ4v) is 2.91. The van der Waals surface area contributed by atoms with E-state index >= 15 is 0 Å². The van der Waals surface area contributed by atoms with Crippen molar-refractivity contribution in [2.75, 3.05) is 4.31 Å². The van der Waals surface area contributed by atoms with E-state index in [-0.39, 0.29) is 4.72 Å². The van der Waals surface area contributed by atoms with E-state index in [0.29, 0.717) is 6.07 Å². The number of rotatable bonds is 3. The van der Waals surface area contributed by atoms with Gasteiger partial charge in [-0.3, -0.25) is 9.59 Å². The van der Waals surface area contributed by atoms with Crippen molar-refractivity contribution >= 4 is 49.1 Å². The third-order valence-corrected chi connectivity index (χ3v) is 5.18. The molecular formula is C9H4ClF6N3O6S2. The molecule has 0 aliphatic heterocycles. The zero-order valence-corrected chi connectivity index (χ0v) is 14.4. The maximum Gasteiger partial charge on any atom is 0.517 e. The van der Waals surface area contributed by atoms with Crippen LogP contribution in [-0.4, -0.2) is 44.7 Å². The molecule has 152 valence electrons. The van der Waals surface area contributed by atoms with Crippen molar-refractivity contribution in [3.05, 3.63) is 23.5 Å². The van der Waals surface area contributed by atoms with Crippen molar-refractivity contribution in [3.63, 3.8) is 0 Å². The number of hydrogen-bond donors (Lipinski definition) is 1. The molecule has 9 nitrogen and oxygen atoms in total. The van der Waals surface area contributed by atoms with Crippen LogP contribution in [0.1, 0.15) is 0 Å². The summed E-state index contributed by atoms with van der Waals surface area (Å²) in [5.74, 6) is -5.69. The molecular weight excluding hydrogens is 460 g/mol.